The fraction of sp³-hybridized carbons (Fsp3) is 0.500. The Hall–Kier alpha value is -2.57. The van der Waals surface area contributed by atoms with Gasteiger partial charge in [0, 0.05) is 12.1 Å². The number of amides is 1. The predicted octanol–water partition coefficient (Wildman–Crippen LogP) is 2.81. The molecule has 25 heavy (non-hydrogen) atoms. The second-order valence-corrected chi connectivity index (χ2v) is 6.78. The minimum absolute atomic E-state index is 0.146. The minimum Gasteiger partial charge on any atom is -0.493 e. The average Bonchev–Trinajstić information content (AvgIpc) is 3.03. The van der Waals surface area contributed by atoms with Gasteiger partial charge in [0.05, 0.1) is 7.11 Å². The summed E-state index contributed by atoms with van der Waals surface area (Å²) in [5.41, 5.74) is -0.283. The van der Waals surface area contributed by atoms with E-state index >= 15 is 0 Å². The molecule has 1 unspecified atom stereocenters. The Kier molecular flexibility index (Phi) is 5.66. The van der Waals surface area contributed by atoms with Gasteiger partial charge in [0.15, 0.2) is 11.5 Å². The Balaban J connectivity index is 2.14. The number of hydrogen-bond acceptors (Lipinski definition) is 6. The number of carbonyl (C=O) groups is 3. The second-order valence-electron chi connectivity index (χ2n) is 6.78. The molecule has 0 radical (unpaired) electrons. The van der Waals surface area contributed by atoms with Crippen LogP contribution in [0.25, 0.3) is 0 Å². The fourth-order valence-corrected chi connectivity index (χ4v) is 2.57. The van der Waals surface area contributed by atoms with Crippen molar-refractivity contribution in [2.45, 2.75) is 45.3 Å². The summed E-state index contributed by atoms with van der Waals surface area (Å²) in [6, 6.07) is 3.81. The van der Waals surface area contributed by atoms with E-state index in [0.717, 1.165) is 0 Å². The Morgan fingerprint density at radius 3 is 2.56 bits per heavy atom. The van der Waals surface area contributed by atoms with E-state index in [1.165, 1.54) is 18.1 Å². The van der Waals surface area contributed by atoms with Gasteiger partial charge in [-0.2, -0.15) is 0 Å². The van der Waals surface area contributed by atoms with Crippen molar-refractivity contribution in [2.24, 2.45) is 0 Å². The zero-order valence-electron chi connectivity index (χ0n) is 14.9. The first-order valence-electron chi connectivity index (χ1n) is 8.09. The van der Waals surface area contributed by atoms with E-state index in [0.29, 0.717) is 37.0 Å². The lowest BCUT2D eigenvalue weighted by molar-refractivity contribution is -0.139. The van der Waals surface area contributed by atoms with Crippen LogP contribution in [0.4, 0.5) is 4.79 Å². The minimum atomic E-state index is -0.723. The van der Waals surface area contributed by atoms with Crippen molar-refractivity contribution in [3.8, 4) is 11.5 Å². The van der Waals surface area contributed by atoms with E-state index in [1.54, 1.807) is 32.9 Å². The molecule has 1 aromatic rings. The lowest BCUT2D eigenvalue weighted by Gasteiger charge is -2.27. The van der Waals surface area contributed by atoms with Gasteiger partial charge in [-0.25, -0.2) is 9.59 Å². The third-order valence-corrected chi connectivity index (χ3v) is 3.69. The van der Waals surface area contributed by atoms with Gasteiger partial charge in [0.25, 0.3) is 0 Å². The van der Waals surface area contributed by atoms with Gasteiger partial charge in [-0.1, -0.05) is 0 Å². The van der Waals surface area contributed by atoms with Gasteiger partial charge < -0.3 is 14.2 Å². The molecule has 0 spiro atoms. The number of aldehydes is 1. The summed E-state index contributed by atoms with van der Waals surface area (Å²) in [4.78, 5) is 37.1. The monoisotopic (exact) mass is 349 g/mol. The summed E-state index contributed by atoms with van der Waals surface area (Å²) in [5.74, 6) is -0.0985. The summed E-state index contributed by atoms with van der Waals surface area (Å²) >= 11 is 0. The highest BCUT2D eigenvalue weighted by Crippen LogP contribution is 2.29. The van der Waals surface area contributed by atoms with Crippen LogP contribution in [0.15, 0.2) is 18.2 Å². The van der Waals surface area contributed by atoms with Crippen molar-refractivity contribution in [3.05, 3.63) is 23.8 Å². The SMILES string of the molecule is COc1ccc(C=O)cc1OC(=O)C1CCCN1C(=O)OC(C)(C)C. The Morgan fingerprint density at radius 2 is 1.96 bits per heavy atom. The lowest BCUT2D eigenvalue weighted by Crippen LogP contribution is -2.44. The third-order valence-electron chi connectivity index (χ3n) is 3.69. The number of rotatable bonds is 4. The molecule has 1 heterocycles. The molecular formula is C18H23NO6. The molecule has 2 rings (SSSR count). The molecule has 1 aromatic carbocycles. The third kappa shape index (κ3) is 4.71. The van der Waals surface area contributed by atoms with Crippen molar-refractivity contribution in [1.82, 2.24) is 4.90 Å². The number of nitrogens with zero attached hydrogens (tertiary/aromatic N) is 1. The quantitative estimate of drug-likeness (QED) is 0.472. The summed E-state index contributed by atoms with van der Waals surface area (Å²) in [7, 11) is 1.44. The predicted molar refractivity (Wildman–Crippen MR) is 90.0 cm³/mol. The molecule has 1 aliphatic rings. The van der Waals surface area contributed by atoms with E-state index in [4.69, 9.17) is 14.2 Å². The van der Waals surface area contributed by atoms with Gasteiger partial charge in [-0.3, -0.25) is 9.69 Å². The van der Waals surface area contributed by atoms with E-state index < -0.39 is 23.7 Å². The van der Waals surface area contributed by atoms with Crippen LogP contribution < -0.4 is 9.47 Å². The second kappa shape index (κ2) is 7.55. The molecule has 136 valence electrons. The van der Waals surface area contributed by atoms with Crippen LogP contribution in [-0.2, 0) is 9.53 Å². The Bertz CT molecular complexity index is 664. The standard InChI is InChI=1S/C18H23NO6/c1-18(2,3)25-17(22)19-9-5-6-13(19)16(21)24-15-10-12(11-20)7-8-14(15)23-4/h7-8,10-11,13H,5-6,9H2,1-4H3. The molecule has 0 bridgehead atoms. The lowest BCUT2D eigenvalue weighted by atomic mass is 10.2. The van der Waals surface area contributed by atoms with Gasteiger partial charge in [-0.05, 0) is 51.8 Å². The van der Waals surface area contributed by atoms with Crippen LogP contribution in [0.5, 0.6) is 11.5 Å². The summed E-state index contributed by atoms with van der Waals surface area (Å²) in [5, 5.41) is 0. The van der Waals surface area contributed by atoms with E-state index in [2.05, 4.69) is 0 Å². The maximum absolute atomic E-state index is 12.5. The van der Waals surface area contributed by atoms with E-state index in [-0.39, 0.29) is 5.75 Å². The van der Waals surface area contributed by atoms with E-state index in [9.17, 15) is 14.4 Å². The maximum Gasteiger partial charge on any atom is 0.411 e. The molecule has 7 nitrogen and oxygen atoms in total. The summed E-state index contributed by atoms with van der Waals surface area (Å²) in [6.45, 7) is 5.73. The molecule has 0 aliphatic carbocycles. The van der Waals surface area contributed by atoms with E-state index in [1.807, 2.05) is 0 Å². The number of likely N-dealkylation sites (tertiary alicyclic amines) is 1. The molecule has 7 heteroatoms. The van der Waals surface area contributed by atoms with Crippen LogP contribution in [0.3, 0.4) is 0 Å². The summed E-state index contributed by atoms with van der Waals surface area (Å²) < 4.78 is 15.9. The van der Waals surface area contributed by atoms with Gasteiger partial charge in [-0.15, -0.1) is 0 Å². The van der Waals surface area contributed by atoms with Gasteiger partial charge in [0.2, 0.25) is 0 Å². The fourth-order valence-electron chi connectivity index (χ4n) is 2.57. The van der Waals surface area contributed by atoms with Crippen LogP contribution in [0.1, 0.15) is 44.0 Å². The van der Waals surface area contributed by atoms with Crippen molar-refractivity contribution in [3.63, 3.8) is 0 Å². The molecule has 1 saturated heterocycles. The Morgan fingerprint density at radius 1 is 1.24 bits per heavy atom. The average molecular weight is 349 g/mol. The molecule has 0 N–H and O–H groups in total. The van der Waals surface area contributed by atoms with Crippen molar-refractivity contribution in [1.29, 1.82) is 0 Å². The molecule has 1 aliphatic heterocycles. The normalized spacial score (nSPS) is 17.1. The first-order valence-corrected chi connectivity index (χ1v) is 8.09. The highest BCUT2D eigenvalue weighted by molar-refractivity contribution is 5.85. The molecular weight excluding hydrogens is 326 g/mol. The van der Waals surface area contributed by atoms with Crippen LogP contribution in [0.2, 0.25) is 0 Å². The number of methoxy groups -OCH3 is 1. The highest BCUT2D eigenvalue weighted by atomic mass is 16.6. The zero-order chi connectivity index (χ0) is 18.6. The zero-order valence-corrected chi connectivity index (χ0v) is 14.9. The van der Waals surface area contributed by atoms with Gasteiger partial charge in [0.1, 0.15) is 17.9 Å². The van der Waals surface area contributed by atoms with Crippen LogP contribution >= 0.6 is 0 Å². The van der Waals surface area contributed by atoms with Crippen molar-refractivity contribution >= 4 is 18.3 Å². The topological polar surface area (TPSA) is 82.1 Å². The summed E-state index contributed by atoms with van der Waals surface area (Å²) in [6.07, 6.45) is 1.29. The largest absolute Gasteiger partial charge is 0.493 e. The molecule has 0 saturated carbocycles. The molecule has 1 fully saturated rings. The first-order chi connectivity index (χ1) is 11.7. The molecule has 1 atom stereocenters. The van der Waals surface area contributed by atoms with Crippen LogP contribution in [-0.4, -0.2) is 48.5 Å². The number of ether oxygens (including phenoxy) is 3. The molecule has 0 aromatic heterocycles. The van der Waals surface area contributed by atoms with Crippen LogP contribution in [0, 0.1) is 0 Å². The Labute approximate surface area is 146 Å². The highest BCUT2D eigenvalue weighted by Gasteiger charge is 2.38. The van der Waals surface area contributed by atoms with Crippen molar-refractivity contribution in [2.75, 3.05) is 13.7 Å². The number of benzene rings is 1. The first kappa shape index (κ1) is 18.8. The number of esters is 1. The maximum atomic E-state index is 12.5. The number of carbonyl (C=O) groups excluding carboxylic acids is 3. The smallest absolute Gasteiger partial charge is 0.411 e. The number of hydrogen-bond donors (Lipinski definition) is 0. The van der Waals surface area contributed by atoms with Gasteiger partial charge >= 0.3 is 12.1 Å². The molecule has 1 amide bonds. The van der Waals surface area contributed by atoms with Crippen molar-refractivity contribution < 1.29 is 28.6 Å².